The van der Waals surface area contributed by atoms with Crippen molar-refractivity contribution in [1.29, 1.82) is 0 Å². The molecule has 0 radical (unpaired) electrons. The molecule has 1 aromatic rings. The van der Waals surface area contributed by atoms with Gasteiger partial charge in [0, 0.05) is 18.0 Å². The van der Waals surface area contributed by atoms with E-state index in [1.807, 2.05) is 6.07 Å². The molecule has 1 aromatic heterocycles. The Hall–Kier alpha value is -0.870. The second-order valence-corrected chi connectivity index (χ2v) is 4.87. The number of carbonyl (C=O) groups excluding carboxylic acids is 1. The number of thiophene rings is 1. The summed E-state index contributed by atoms with van der Waals surface area (Å²) < 4.78 is 0. The predicted octanol–water partition coefficient (Wildman–Crippen LogP) is 1.78. The van der Waals surface area contributed by atoms with E-state index in [1.54, 1.807) is 11.3 Å². The molecule has 3 N–H and O–H groups in total. The lowest BCUT2D eigenvalue weighted by Crippen LogP contribution is -2.35. The highest BCUT2D eigenvalue weighted by Crippen LogP contribution is 2.09. The molecule has 0 aromatic carbocycles. The van der Waals surface area contributed by atoms with E-state index in [4.69, 9.17) is 5.73 Å². The Morgan fingerprint density at radius 3 is 3.00 bits per heavy atom. The van der Waals surface area contributed by atoms with Crippen molar-refractivity contribution in [3.8, 4) is 0 Å². The minimum Gasteiger partial charge on any atom is -0.355 e. The summed E-state index contributed by atoms with van der Waals surface area (Å²) in [5.41, 5.74) is 5.57. The fourth-order valence-electron chi connectivity index (χ4n) is 1.61. The van der Waals surface area contributed by atoms with E-state index < -0.39 is 0 Å². The van der Waals surface area contributed by atoms with Crippen LogP contribution in [0.5, 0.6) is 0 Å². The normalized spacial score (nSPS) is 12.4. The van der Waals surface area contributed by atoms with Crippen molar-refractivity contribution in [3.05, 3.63) is 22.4 Å². The molecule has 4 heteroatoms. The molecule has 1 unspecified atom stereocenters. The monoisotopic (exact) mass is 240 g/mol. The van der Waals surface area contributed by atoms with E-state index in [0.717, 1.165) is 19.3 Å². The SMILES string of the molecule is CCCC(CN)C(=O)NCCc1cccs1. The summed E-state index contributed by atoms with van der Waals surface area (Å²) in [5, 5.41) is 5.00. The minimum atomic E-state index is -0.0201. The topological polar surface area (TPSA) is 55.1 Å². The van der Waals surface area contributed by atoms with E-state index in [-0.39, 0.29) is 11.8 Å². The maximum absolute atomic E-state index is 11.7. The maximum Gasteiger partial charge on any atom is 0.224 e. The van der Waals surface area contributed by atoms with E-state index in [2.05, 4.69) is 23.7 Å². The number of hydrogen-bond donors (Lipinski definition) is 2. The molecule has 0 aliphatic rings. The zero-order valence-corrected chi connectivity index (χ0v) is 10.6. The van der Waals surface area contributed by atoms with Crippen molar-refractivity contribution < 1.29 is 4.79 Å². The van der Waals surface area contributed by atoms with Gasteiger partial charge in [0.05, 0.1) is 5.92 Å². The Balaban J connectivity index is 2.23. The number of amides is 1. The summed E-state index contributed by atoms with van der Waals surface area (Å²) in [5.74, 6) is 0.0780. The van der Waals surface area contributed by atoms with Crippen LogP contribution >= 0.6 is 11.3 Å². The molecule has 0 saturated heterocycles. The second kappa shape index (κ2) is 7.41. The van der Waals surface area contributed by atoms with E-state index in [0.29, 0.717) is 13.1 Å². The number of nitrogens with one attached hydrogen (secondary N) is 1. The lowest BCUT2D eigenvalue weighted by Gasteiger charge is -2.13. The van der Waals surface area contributed by atoms with Crippen LogP contribution in [0.3, 0.4) is 0 Å². The lowest BCUT2D eigenvalue weighted by atomic mass is 10.0. The van der Waals surface area contributed by atoms with Gasteiger partial charge in [-0.1, -0.05) is 19.4 Å². The smallest absolute Gasteiger partial charge is 0.224 e. The van der Waals surface area contributed by atoms with E-state index in [1.165, 1.54) is 4.88 Å². The van der Waals surface area contributed by atoms with Gasteiger partial charge in [-0.05, 0) is 24.3 Å². The van der Waals surface area contributed by atoms with Gasteiger partial charge in [-0.3, -0.25) is 4.79 Å². The van der Waals surface area contributed by atoms with Crippen molar-refractivity contribution in [2.75, 3.05) is 13.1 Å². The van der Waals surface area contributed by atoms with E-state index >= 15 is 0 Å². The van der Waals surface area contributed by atoms with Crippen molar-refractivity contribution in [3.63, 3.8) is 0 Å². The van der Waals surface area contributed by atoms with Gasteiger partial charge < -0.3 is 11.1 Å². The summed E-state index contributed by atoms with van der Waals surface area (Å²) in [7, 11) is 0. The van der Waals surface area contributed by atoms with Crippen LogP contribution < -0.4 is 11.1 Å². The molecule has 0 fully saturated rings. The van der Waals surface area contributed by atoms with Crippen LogP contribution in [-0.2, 0) is 11.2 Å². The van der Waals surface area contributed by atoms with Crippen LogP contribution in [0, 0.1) is 5.92 Å². The molecule has 1 amide bonds. The van der Waals surface area contributed by atoms with Gasteiger partial charge in [-0.25, -0.2) is 0 Å². The van der Waals surface area contributed by atoms with Gasteiger partial charge in [0.1, 0.15) is 0 Å². The average molecular weight is 240 g/mol. The highest BCUT2D eigenvalue weighted by molar-refractivity contribution is 7.09. The quantitative estimate of drug-likeness (QED) is 0.763. The van der Waals surface area contributed by atoms with E-state index in [9.17, 15) is 4.79 Å². The highest BCUT2D eigenvalue weighted by Gasteiger charge is 2.14. The molecule has 1 heterocycles. The Labute approximate surface area is 101 Å². The third kappa shape index (κ3) is 4.33. The average Bonchev–Trinajstić information content (AvgIpc) is 2.78. The van der Waals surface area contributed by atoms with Gasteiger partial charge in [0.15, 0.2) is 0 Å². The minimum absolute atomic E-state index is 0.0201. The molecule has 0 aliphatic heterocycles. The number of carbonyl (C=O) groups is 1. The molecular weight excluding hydrogens is 220 g/mol. The van der Waals surface area contributed by atoms with Crippen LogP contribution in [0.4, 0.5) is 0 Å². The second-order valence-electron chi connectivity index (χ2n) is 3.84. The summed E-state index contributed by atoms with van der Waals surface area (Å²) in [6.45, 7) is 3.22. The van der Waals surface area contributed by atoms with Crippen molar-refractivity contribution in [1.82, 2.24) is 5.32 Å². The Bertz CT molecular complexity index is 298. The molecule has 0 spiro atoms. The fraction of sp³-hybridized carbons (Fsp3) is 0.583. The van der Waals surface area contributed by atoms with Crippen LogP contribution in [0.1, 0.15) is 24.6 Å². The fourth-order valence-corrected chi connectivity index (χ4v) is 2.32. The van der Waals surface area contributed by atoms with Gasteiger partial charge >= 0.3 is 0 Å². The van der Waals surface area contributed by atoms with Gasteiger partial charge in [0.25, 0.3) is 0 Å². The van der Waals surface area contributed by atoms with Crippen molar-refractivity contribution in [2.45, 2.75) is 26.2 Å². The molecule has 16 heavy (non-hydrogen) atoms. The van der Waals surface area contributed by atoms with Crippen molar-refractivity contribution in [2.24, 2.45) is 11.7 Å². The molecule has 0 saturated carbocycles. The zero-order chi connectivity index (χ0) is 11.8. The predicted molar refractivity (Wildman–Crippen MR) is 68.5 cm³/mol. The molecule has 0 aliphatic carbocycles. The van der Waals surface area contributed by atoms with Crippen LogP contribution in [-0.4, -0.2) is 19.0 Å². The standard InChI is InChI=1S/C12H20N2OS/c1-2-4-10(9-13)12(15)14-7-6-11-5-3-8-16-11/h3,5,8,10H,2,4,6-7,9,13H2,1H3,(H,14,15). The molecule has 1 atom stereocenters. The first kappa shape index (κ1) is 13.2. The Morgan fingerprint density at radius 2 is 2.44 bits per heavy atom. The number of hydrogen-bond acceptors (Lipinski definition) is 3. The Morgan fingerprint density at radius 1 is 1.62 bits per heavy atom. The summed E-state index contributed by atoms with van der Waals surface area (Å²) >= 11 is 1.72. The summed E-state index contributed by atoms with van der Waals surface area (Å²) in [6.07, 6.45) is 2.79. The van der Waals surface area contributed by atoms with Crippen LogP contribution in [0.2, 0.25) is 0 Å². The third-order valence-corrected chi connectivity index (χ3v) is 3.48. The first-order valence-electron chi connectivity index (χ1n) is 5.78. The number of nitrogens with two attached hydrogens (primary N) is 1. The third-order valence-electron chi connectivity index (χ3n) is 2.54. The zero-order valence-electron chi connectivity index (χ0n) is 9.74. The maximum atomic E-state index is 11.7. The highest BCUT2D eigenvalue weighted by atomic mass is 32.1. The largest absolute Gasteiger partial charge is 0.355 e. The van der Waals surface area contributed by atoms with Gasteiger partial charge in [-0.15, -0.1) is 11.3 Å². The first-order valence-corrected chi connectivity index (χ1v) is 6.66. The van der Waals surface area contributed by atoms with Gasteiger partial charge in [-0.2, -0.15) is 0 Å². The van der Waals surface area contributed by atoms with Crippen LogP contribution in [0.25, 0.3) is 0 Å². The van der Waals surface area contributed by atoms with Gasteiger partial charge in [0.2, 0.25) is 5.91 Å². The summed E-state index contributed by atoms with van der Waals surface area (Å²) in [6, 6.07) is 4.12. The first-order chi connectivity index (χ1) is 7.77. The molecule has 3 nitrogen and oxygen atoms in total. The molecule has 0 bridgehead atoms. The van der Waals surface area contributed by atoms with Crippen LogP contribution in [0.15, 0.2) is 17.5 Å². The van der Waals surface area contributed by atoms with Crippen molar-refractivity contribution >= 4 is 17.2 Å². The molecular formula is C12H20N2OS. The Kier molecular flexibility index (Phi) is 6.11. The molecule has 90 valence electrons. The number of rotatable bonds is 7. The molecule has 1 rings (SSSR count). The summed E-state index contributed by atoms with van der Waals surface area (Å²) in [4.78, 5) is 13.0. The lowest BCUT2D eigenvalue weighted by molar-refractivity contribution is -0.124.